The van der Waals surface area contributed by atoms with Gasteiger partial charge in [-0.1, -0.05) is 62.8 Å². The molecule has 0 aliphatic heterocycles. The molecule has 2 aliphatic rings. The minimum atomic E-state index is -5.24. The number of allylic oxidation sites excluding steroid dienone is 1. The van der Waals surface area contributed by atoms with Crippen molar-refractivity contribution in [1.29, 1.82) is 0 Å². The van der Waals surface area contributed by atoms with Crippen LogP contribution in [0.1, 0.15) is 69.4 Å². The predicted molar refractivity (Wildman–Crippen MR) is 120 cm³/mol. The summed E-state index contributed by atoms with van der Waals surface area (Å²) < 4.78 is 84.1. The van der Waals surface area contributed by atoms with Crippen LogP contribution in [0.4, 0.5) is 26.3 Å². The van der Waals surface area contributed by atoms with E-state index < -0.39 is 29.6 Å². The molecule has 34 heavy (non-hydrogen) atoms. The first-order valence-electron chi connectivity index (χ1n) is 11.9. The van der Waals surface area contributed by atoms with E-state index in [2.05, 4.69) is 11.7 Å². The van der Waals surface area contributed by atoms with Gasteiger partial charge in [0.15, 0.2) is 11.6 Å². The summed E-state index contributed by atoms with van der Waals surface area (Å²) in [6.07, 6.45) is 6.52. The number of halogens is 6. The number of rotatable bonds is 6. The van der Waals surface area contributed by atoms with Crippen LogP contribution in [-0.4, -0.2) is 6.36 Å². The summed E-state index contributed by atoms with van der Waals surface area (Å²) in [6, 6.07) is 4.44. The van der Waals surface area contributed by atoms with E-state index in [9.17, 15) is 22.0 Å². The van der Waals surface area contributed by atoms with E-state index in [0.717, 1.165) is 36.7 Å². The molecule has 0 unspecified atom stereocenters. The SMILES string of the molecule is CCC1CCC(CCC2=Cc3ccc(-c4cc(F)c(OC(F)(F)F)c(F)c4)c(F)c3CC2)CC1. The van der Waals surface area contributed by atoms with Crippen molar-refractivity contribution in [2.45, 2.75) is 71.1 Å². The van der Waals surface area contributed by atoms with E-state index in [1.807, 2.05) is 6.08 Å². The quantitative estimate of drug-likeness (QED) is 0.373. The van der Waals surface area contributed by atoms with Gasteiger partial charge in [-0.25, -0.2) is 13.2 Å². The van der Waals surface area contributed by atoms with Crippen LogP contribution in [0, 0.1) is 29.3 Å². The zero-order valence-corrected chi connectivity index (χ0v) is 19.1. The fourth-order valence-electron chi connectivity index (χ4n) is 5.27. The monoisotopic (exact) mass is 482 g/mol. The molecule has 0 atom stereocenters. The third kappa shape index (κ3) is 5.61. The second kappa shape index (κ2) is 10.0. The summed E-state index contributed by atoms with van der Waals surface area (Å²) in [4.78, 5) is 0. The first-order chi connectivity index (χ1) is 16.1. The van der Waals surface area contributed by atoms with Gasteiger partial charge in [0.05, 0.1) is 0 Å². The highest BCUT2D eigenvalue weighted by Gasteiger charge is 2.34. The van der Waals surface area contributed by atoms with Gasteiger partial charge >= 0.3 is 6.36 Å². The molecule has 0 saturated heterocycles. The van der Waals surface area contributed by atoms with Crippen molar-refractivity contribution in [3.05, 3.63) is 58.4 Å². The highest BCUT2D eigenvalue weighted by molar-refractivity contribution is 5.71. The van der Waals surface area contributed by atoms with Crippen LogP contribution in [0.15, 0.2) is 29.8 Å². The molecule has 2 aliphatic carbocycles. The van der Waals surface area contributed by atoms with Crippen LogP contribution >= 0.6 is 0 Å². The van der Waals surface area contributed by atoms with Gasteiger partial charge < -0.3 is 4.74 Å². The highest BCUT2D eigenvalue weighted by atomic mass is 19.4. The fourth-order valence-corrected chi connectivity index (χ4v) is 5.27. The number of fused-ring (bicyclic) bond motifs is 1. The molecular weight excluding hydrogens is 454 g/mol. The van der Waals surface area contributed by atoms with E-state index >= 15 is 4.39 Å². The maximum absolute atomic E-state index is 15.3. The number of ether oxygens (including phenoxy) is 1. The Bertz CT molecular complexity index is 1040. The van der Waals surface area contributed by atoms with Gasteiger partial charge in [0, 0.05) is 5.56 Å². The Morgan fingerprint density at radius 2 is 1.56 bits per heavy atom. The zero-order chi connectivity index (χ0) is 24.5. The fraction of sp³-hybridized carbons (Fsp3) is 0.481. The van der Waals surface area contributed by atoms with Crippen LogP contribution in [0.3, 0.4) is 0 Å². The van der Waals surface area contributed by atoms with Crippen LogP contribution in [-0.2, 0) is 6.42 Å². The molecule has 2 aromatic carbocycles. The largest absolute Gasteiger partial charge is 0.573 e. The molecular formula is C27H28F6O. The van der Waals surface area contributed by atoms with Crippen LogP contribution in [0.25, 0.3) is 17.2 Å². The lowest BCUT2D eigenvalue weighted by Crippen LogP contribution is -2.19. The maximum atomic E-state index is 15.3. The van der Waals surface area contributed by atoms with Crippen molar-refractivity contribution < 1.29 is 31.1 Å². The molecule has 0 bridgehead atoms. The molecule has 1 nitrogen and oxygen atoms in total. The van der Waals surface area contributed by atoms with Crippen molar-refractivity contribution in [2.24, 2.45) is 11.8 Å². The number of benzene rings is 2. The highest BCUT2D eigenvalue weighted by Crippen LogP contribution is 2.38. The number of hydrogen-bond donors (Lipinski definition) is 0. The molecule has 0 spiro atoms. The van der Waals surface area contributed by atoms with Gasteiger partial charge in [-0.15, -0.1) is 13.2 Å². The maximum Gasteiger partial charge on any atom is 0.573 e. The van der Waals surface area contributed by atoms with Crippen molar-refractivity contribution >= 4 is 6.08 Å². The van der Waals surface area contributed by atoms with E-state index in [0.29, 0.717) is 24.1 Å². The summed E-state index contributed by atoms with van der Waals surface area (Å²) in [7, 11) is 0. The average molecular weight is 483 g/mol. The minimum Gasteiger partial charge on any atom is -0.399 e. The number of alkyl halides is 3. The Hall–Kier alpha value is -2.44. The van der Waals surface area contributed by atoms with Crippen LogP contribution in [0.5, 0.6) is 5.75 Å². The normalized spacial score (nSPS) is 20.6. The summed E-state index contributed by atoms with van der Waals surface area (Å²) in [5.41, 5.74) is 2.25. The third-order valence-electron chi connectivity index (χ3n) is 7.28. The van der Waals surface area contributed by atoms with Crippen molar-refractivity contribution in [3.63, 3.8) is 0 Å². The molecule has 7 heteroatoms. The lowest BCUT2D eigenvalue weighted by atomic mass is 9.78. The molecule has 2 aromatic rings. The Morgan fingerprint density at radius 1 is 0.912 bits per heavy atom. The van der Waals surface area contributed by atoms with E-state index in [1.165, 1.54) is 43.7 Å². The second-order valence-electron chi connectivity index (χ2n) is 9.45. The Labute approximate surface area is 195 Å². The summed E-state index contributed by atoms with van der Waals surface area (Å²) in [6.45, 7) is 2.25. The van der Waals surface area contributed by atoms with Crippen LogP contribution < -0.4 is 4.74 Å². The predicted octanol–water partition coefficient (Wildman–Crippen LogP) is 9.00. The van der Waals surface area contributed by atoms with E-state index in [4.69, 9.17) is 0 Å². The molecule has 4 rings (SSSR count). The molecule has 0 aromatic heterocycles. The Morgan fingerprint density at radius 3 is 2.18 bits per heavy atom. The molecule has 0 radical (unpaired) electrons. The first kappa shape index (κ1) is 24.7. The second-order valence-corrected chi connectivity index (χ2v) is 9.45. The van der Waals surface area contributed by atoms with Crippen molar-refractivity contribution in [3.8, 4) is 16.9 Å². The van der Waals surface area contributed by atoms with Gasteiger partial charge in [0.25, 0.3) is 0 Å². The van der Waals surface area contributed by atoms with Gasteiger partial charge in [0.1, 0.15) is 5.82 Å². The van der Waals surface area contributed by atoms with Gasteiger partial charge in [-0.05, 0) is 66.3 Å². The molecule has 0 N–H and O–H groups in total. The average Bonchev–Trinajstić information content (AvgIpc) is 2.80. The molecule has 184 valence electrons. The smallest absolute Gasteiger partial charge is 0.399 e. The van der Waals surface area contributed by atoms with Crippen molar-refractivity contribution in [2.75, 3.05) is 0 Å². The summed E-state index contributed by atoms with van der Waals surface area (Å²) >= 11 is 0. The molecule has 0 heterocycles. The van der Waals surface area contributed by atoms with E-state index in [1.54, 1.807) is 6.07 Å². The molecule has 1 fully saturated rings. The lowest BCUT2D eigenvalue weighted by molar-refractivity contribution is -0.276. The molecule has 1 saturated carbocycles. The topological polar surface area (TPSA) is 9.23 Å². The van der Waals surface area contributed by atoms with Crippen LogP contribution in [0.2, 0.25) is 0 Å². The standard InChI is InChI=1S/C27H28F6O/c1-2-16-3-5-17(6-4-16)7-8-18-9-11-21-19(13-18)10-12-22(25(21)30)20-14-23(28)26(24(29)15-20)34-27(31,32)33/h10,12-17H,2-9,11H2,1H3. The van der Waals surface area contributed by atoms with Gasteiger partial charge in [-0.3, -0.25) is 0 Å². The van der Waals surface area contributed by atoms with Crippen molar-refractivity contribution in [1.82, 2.24) is 0 Å². The lowest BCUT2D eigenvalue weighted by Gasteiger charge is -2.28. The number of hydrogen-bond acceptors (Lipinski definition) is 1. The first-order valence-corrected chi connectivity index (χ1v) is 11.9. The summed E-state index contributed by atoms with van der Waals surface area (Å²) in [5, 5.41) is 0. The summed E-state index contributed by atoms with van der Waals surface area (Å²) in [5.74, 6) is -3.62. The van der Waals surface area contributed by atoms with Gasteiger partial charge in [-0.2, -0.15) is 0 Å². The molecule has 0 amide bonds. The zero-order valence-electron chi connectivity index (χ0n) is 19.1. The van der Waals surface area contributed by atoms with E-state index in [-0.39, 0.29) is 11.1 Å². The van der Waals surface area contributed by atoms with Gasteiger partial charge in [0.2, 0.25) is 5.75 Å². The Kier molecular flexibility index (Phi) is 7.29. The minimum absolute atomic E-state index is 0.0559. The third-order valence-corrected chi connectivity index (χ3v) is 7.28. The Balaban J connectivity index is 1.49.